The number of benzene rings is 1. The van der Waals surface area contributed by atoms with Crippen LogP contribution in [-0.2, 0) is 0 Å². The molecule has 23 heavy (non-hydrogen) atoms. The number of halogens is 1. The summed E-state index contributed by atoms with van der Waals surface area (Å²) in [5.41, 5.74) is 2.07. The maximum absolute atomic E-state index is 10.2. The molecule has 1 atom stereocenters. The first-order valence-electron chi connectivity index (χ1n) is 7.68. The van der Waals surface area contributed by atoms with E-state index >= 15 is 0 Å². The second-order valence-electron chi connectivity index (χ2n) is 6.50. The summed E-state index contributed by atoms with van der Waals surface area (Å²) in [6.45, 7) is 1.59. The third kappa shape index (κ3) is 2.16. The zero-order chi connectivity index (χ0) is 15.6. The average Bonchev–Trinajstić information content (AvgIpc) is 2.87. The van der Waals surface area contributed by atoms with Crippen LogP contribution in [0.2, 0.25) is 5.02 Å². The number of rotatable bonds is 2. The molecular formula is C16H15ClN4OS. The van der Waals surface area contributed by atoms with Gasteiger partial charge in [-0.3, -0.25) is 0 Å². The molecule has 0 radical (unpaired) electrons. The number of aliphatic hydroxyl groups is 1. The van der Waals surface area contributed by atoms with Gasteiger partial charge in [-0.05, 0) is 25.0 Å². The Morgan fingerprint density at radius 2 is 2.04 bits per heavy atom. The number of aromatic nitrogens is 3. The summed E-state index contributed by atoms with van der Waals surface area (Å²) in [4.78, 5) is 7.73. The van der Waals surface area contributed by atoms with Gasteiger partial charge in [-0.25, -0.2) is 9.50 Å². The zero-order valence-corrected chi connectivity index (χ0v) is 13.9. The molecule has 1 saturated carbocycles. The molecule has 1 aromatic carbocycles. The third-order valence-corrected chi connectivity index (χ3v) is 6.18. The van der Waals surface area contributed by atoms with Crippen LogP contribution in [0, 0.1) is 5.41 Å². The molecule has 0 amide bonds. The minimum Gasteiger partial charge on any atom is -0.391 e. The summed E-state index contributed by atoms with van der Waals surface area (Å²) in [6, 6.07) is 7.65. The van der Waals surface area contributed by atoms with E-state index < -0.39 is 0 Å². The van der Waals surface area contributed by atoms with Gasteiger partial charge in [0.2, 0.25) is 10.1 Å². The lowest BCUT2D eigenvalue weighted by Gasteiger charge is -2.12. The topological polar surface area (TPSA) is 53.7 Å². The van der Waals surface area contributed by atoms with Crippen LogP contribution in [0.1, 0.15) is 12.8 Å². The first-order valence-corrected chi connectivity index (χ1v) is 8.88. The van der Waals surface area contributed by atoms with Crippen LogP contribution in [0.25, 0.3) is 16.2 Å². The third-order valence-electron chi connectivity index (χ3n) is 4.94. The van der Waals surface area contributed by atoms with Crippen molar-refractivity contribution in [1.29, 1.82) is 0 Å². The normalized spacial score (nSPS) is 22.3. The summed E-state index contributed by atoms with van der Waals surface area (Å²) >= 11 is 7.50. The molecule has 2 fully saturated rings. The van der Waals surface area contributed by atoms with Crippen LogP contribution >= 0.6 is 22.9 Å². The predicted molar refractivity (Wildman–Crippen MR) is 91.2 cm³/mol. The van der Waals surface area contributed by atoms with E-state index in [4.69, 9.17) is 11.6 Å². The summed E-state index contributed by atoms with van der Waals surface area (Å²) < 4.78 is 1.83. The quantitative estimate of drug-likeness (QED) is 0.774. The standard InChI is InChI=1S/C16H15ClN4OS/c17-11-3-1-10(2-4-11)12-7-21-14(18-12)23-15(19-21)20-8-13(22)16(9-20)5-6-16/h1-4,7,13,22H,5-6,8-9H2. The lowest BCUT2D eigenvalue weighted by atomic mass is 10.0. The van der Waals surface area contributed by atoms with Crippen molar-refractivity contribution in [2.45, 2.75) is 18.9 Å². The molecule has 3 heterocycles. The molecule has 1 spiro atoms. The van der Waals surface area contributed by atoms with Crippen LogP contribution in [-0.4, -0.2) is 38.9 Å². The Hall–Kier alpha value is -1.63. The monoisotopic (exact) mass is 346 g/mol. The van der Waals surface area contributed by atoms with E-state index in [1.807, 2.05) is 35.0 Å². The number of anilines is 1. The number of hydrogen-bond acceptors (Lipinski definition) is 5. The zero-order valence-electron chi connectivity index (χ0n) is 12.3. The SMILES string of the molecule is OC1CN(c2nn3cc(-c4ccc(Cl)cc4)nc3s2)CC12CC2. The Labute approximate surface area is 142 Å². The number of β-amino-alcohol motifs (C(OH)–C–C–N with tert-alkyl or cyclic N) is 1. The van der Waals surface area contributed by atoms with Gasteiger partial charge in [-0.2, -0.15) is 0 Å². The van der Waals surface area contributed by atoms with Crippen LogP contribution in [0.3, 0.4) is 0 Å². The first-order chi connectivity index (χ1) is 11.1. The number of aliphatic hydroxyl groups excluding tert-OH is 1. The molecule has 7 heteroatoms. The van der Waals surface area contributed by atoms with Gasteiger partial charge in [-0.1, -0.05) is 35.1 Å². The first kappa shape index (κ1) is 13.8. The van der Waals surface area contributed by atoms with E-state index in [0.29, 0.717) is 6.54 Å². The second kappa shape index (κ2) is 4.69. The Morgan fingerprint density at radius 1 is 1.26 bits per heavy atom. The summed E-state index contributed by atoms with van der Waals surface area (Å²) in [6.07, 6.45) is 3.99. The highest BCUT2D eigenvalue weighted by Gasteiger charge is 2.55. The van der Waals surface area contributed by atoms with Crippen molar-refractivity contribution in [2.24, 2.45) is 5.41 Å². The van der Waals surface area contributed by atoms with Gasteiger partial charge < -0.3 is 10.0 Å². The molecular weight excluding hydrogens is 332 g/mol. The van der Waals surface area contributed by atoms with Crippen molar-refractivity contribution in [3.63, 3.8) is 0 Å². The highest BCUT2D eigenvalue weighted by Crippen LogP contribution is 2.53. The summed E-state index contributed by atoms with van der Waals surface area (Å²) in [5.74, 6) is 0. The van der Waals surface area contributed by atoms with Gasteiger partial charge in [0, 0.05) is 29.1 Å². The van der Waals surface area contributed by atoms with E-state index in [2.05, 4.69) is 15.0 Å². The Bertz CT molecular complexity index is 852. The minimum absolute atomic E-state index is 0.141. The Kier molecular flexibility index (Phi) is 2.81. The van der Waals surface area contributed by atoms with E-state index in [0.717, 1.165) is 45.8 Å². The molecule has 5 nitrogen and oxygen atoms in total. The second-order valence-corrected chi connectivity index (χ2v) is 7.87. The average molecular weight is 347 g/mol. The number of fused-ring (bicyclic) bond motifs is 1. The Balaban J connectivity index is 1.45. The van der Waals surface area contributed by atoms with Crippen LogP contribution < -0.4 is 4.90 Å². The molecule has 1 unspecified atom stereocenters. The van der Waals surface area contributed by atoms with Gasteiger partial charge in [0.1, 0.15) is 0 Å². The van der Waals surface area contributed by atoms with Crippen molar-refractivity contribution >= 4 is 33.0 Å². The molecule has 1 aliphatic carbocycles. The molecule has 2 aromatic heterocycles. The largest absolute Gasteiger partial charge is 0.391 e. The Morgan fingerprint density at radius 3 is 2.70 bits per heavy atom. The van der Waals surface area contributed by atoms with Crippen molar-refractivity contribution in [3.05, 3.63) is 35.5 Å². The maximum Gasteiger partial charge on any atom is 0.214 e. The predicted octanol–water partition coefficient (Wildman–Crippen LogP) is 3.07. The van der Waals surface area contributed by atoms with Crippen molar-refractivity contribution in [3.8, 4) is 11.3 Å². The molecule has 3 aromatic rings. The van der Waals surface area contributed by atoms with Crippen molar-refractivity contribution in [1.82, 2.24) is 14.6 Å². The fourth-order valence-electron chi connectivity index (χ4n) is 3.33. The van der Waals surface area contributed by atoms with Crippen molar-refractivity contribution < 1.29 is 5.11 Å². The van der Waals surface area contributed by atoms with E-state index in [1.165, 1.54) is 0 Å². The molecule has 2 aliphatic rings. The van der Waals surface area contributed by atoms with Gasteiger partial charge in [0.25, 0.3) is 0 Å². The van der Waals surface area contributed by atoms with E-state index in [-0.39, 0.29) is 11.5 Å². The van der Waals surface area contributed by atoms with Gasteiger partial charge in [0.05, 0.1) is 18.0 Å². The summed E-state index contributed by atoms with van der Waals surface area (Å²) in [5, 5.41) is 16.5. The summed E-state index contributed by atoms with van der Waals surface area (Å²) in [7, 11) is 0. The minimum atomic E-state index is -0.219. The lowest BCUT2D eigenvalue weighted by Crippen LogP contribution is -2.21. The number of hydrogen-bond donors (Lipinski definition) is 1. The number of nitrogens with zero attached hydrogens (tertiary/aromatic N) is 4. The maximum atomic E-state index is 10.2. The molecule has 0 bridgehead atoms. The fourth-order valence-corrected chi connectivity index (χ4v) is 4.34. The lowest BCUT2D eigenvalue weighted by molar-refractivity contribution is 0.136. The molecule has 5 rings (SSSR count). The highest BCUT2D eigenvalue weighted by molar-refractivity contribution is 7.20. The van der Waals surface area contributed by atoms with Crippen LogP contribution in [0.5, 0.6) is 0 Å². The smallest absolute Gasteiger partial charge is 0.214 e. The molecule has 118 valence electrons. The molecule has 1 aliphatic heterocycles. The molecule has 1 saturated heterocycles. The van der Waals surface area contributed by atoms with Crippen LogP contribution in [0.4, 0.5) is 5.13 Å². The molecule has 1 N–H and O–H groups in total. The van der Waals surface area contributed by atoms with E-state index in [9.17, 15) is 5.11 Å². The van der Waals surface area contributed by atoms with Crippen molar-refractivity contribution in [2.75, 3.05) is 18.0 Å². The highest BCUT2D eigenvalue weighted by atomic mass is 35.5. The van der Waals surface area contributed by atoms with Gasteiger partial charge in [-0.15, -0.1) is 5.10 Å². The van der Waals surface area contributed by atoms with E-state index in [1.54, 1.807) is 11.3 Å². The van der Waals surface area contributed by atoms with Crippen LogP contribution in [0.15, 0.2) is 30.5 Å². The van der Waals surface area contributed by atoms with Gasteiger partial charge >= 0.3 is 0 Å². The van der Waals surface area contributed by atoms with Gasteiger partial charge in [0.15, 0.2) is 0 Å². The number of imidazole rings is 1. The fraction of sp³-hybridized carbons (Fsp3) is 0.375.